The zero-order valence-corrected chi connectivity index (χ0v) is 17.9. The first-order chi connectivity index (χ1) is 15.7. The number of pyridine rings is 1. The molecule has 32 heavy (non-hydrogen) atoms. The number of nitrogens with one attached hydrogen (secondary N) is 1. The Bertz CT molecular complexity index is 1240. The summed E-state index contributed by atoms with van der Waals surface area (Å²) in [5.74, 6) is 0.243. The van der Waals surface area contributed by atoms with Gasteiger partial charge < -0.3 is 10.1 Å². The third-order valence-electron chi connectivity index (χ3n) is 5.21. The molecule has 0 bridgehead atoms. The molecule has 2 aromatic heterocycles. The quantitative estimate of drug-likeness (QED) is 0.454. The highest BCUT2D eigenvalue weighted by Gasteiger charge is 2.33. The minimum atomic E-state index is -0.418. The fraction of sp³-hybridized carbons (Fsp3) is 0.167. The van der Waals surface area contributed by atoms with Crippen LogP contribution < -0.4 is 10.2 Å². The van der Waals surface area contributed by atoms with Crippen LogP contribution in [0.2, 0.25) is 0 Å². The second-order valence-corrected chi connectivity index (χ2v) is 8.53. The van der Waals surface area contributed by atoms with Crippen LogP contribution in [-0.2, 0) is 16.0 Å². The molecule has 2 amide bonds. The van der Waals surface area contributed by atoms with Crippen LogP contribution in [-0.4, -0.2) is 28.5 Å². The van der Waals surface area contributed by atoms with Crippen molar-refractivity contribution in [3.8, 4) is 0 Å². The molecule has 1 aliphatic rings. The lowest BCUT2D eigenvalue weighted by Gasteiger charge is -2.14. The summed E-state index contributed by atoms with van der Waals surface area (Å²) in [7, 11) is 0. The van der Waals surface area contributed by atoms with Gasteiger partial charge in [0.1, 0.15) is 11.9 Å². The predicted molar refractivity (Wildman–Crippen MR) is 124 cm³/mol. The summed E-state index contributed by atoms with van der Waals surface area (Å²) in [5, 5.41) is 3.74. The number of amides is 2. The molecule has 7 nitrogen and oxygen atoms in total. The van der Waals surface area contributed by atoms with E-state index in [0.29, 0.717) is 30.9 Å². The number of carbonyl (C=O) groups is 2. The maximum Gasteiger partial charge on any atom is 0.415 e. The van der Waals surface area contributed by atoms with E-state index in [2.05, 4.69) is 15.3 Å². The van der Waals surface area contributed by atoms with E-state index in [0.717, 1.165) is 20.8 Å². The normalized spacial score (nSPS) is 15.7. The summed E-state index contributed by atoms with van der Waals surface area (Å²) in [6.45, 7) is 0.401. The van der Waals surface area contributed by atoms with Crippen LogP contribution in [0, 0.1) is 0 Å². The number of hydrogen-bond donors (Lipinski definition) is 1. The number of fused-ring (bicyclic) bond motifs is 1. The van der Waals surface area contributed by atoms with Gasteiger partial charge in [0.2, 0.25) is 5.91 Å². The SMILES string of the molecule is O=C(CCc1nc2ccccc2s1)Nc1cc(N2CC(c3ccccc3)OC2=O)ccn1. The zero-order valence-electron chi connectivity index (χ0n) is 17.1. The van der Waals surface area contributed by atoms with E-state index in [-0.39, 0.29) is 12.0 Å². The molecule has 0 saturated carbocycles. The van der Waals surface area contributed by atoms with Crippen molar-refractivity contribution in [1.29, 1.82) is 0 Å². The number of ether oxygens (including phenoxy) is 1. The molecule has 3 heterocycles. The number of thiazole rings is 1. The monoisotopic (exact) mass is 444 g/mol. The van der Waals surface area contributed by atoms with Crippen molar-refractivity contribution in [2.24, 2.45) is 0 Å². The van der Waals surface area contributed by atoms with Crippen LogP contribution >= 0.6 is 11.3 Å². The minimum absolute atomic E-state index is 0.153. The van der Waals surface area contributed by atoms with Gasteiger partial charge in [-0.05, 0) is 23.8 Å². The first-order valence-electron chi connectivity index (χ1n) is 10.3. The summed E-state index contributed by atoms with van der Waals surface area (Å²) in [5.41, 5.74) is 2.53. The van der Waals surface area contributed by atoms with Crippen LogP contribution in [0.1, 0.15) is 23.1 Å². The third kappa shape index (κ3) is 4.31. The summed E-state index contributed by atoms with van der Waals surface area (Å²) in [6.07, 6.45) is 1.68. The predicted octanol–water partition coefficient (Wildman–Crippen LogP) is 4.96. The maximum atomic E-state index is 12.5. The molecule has 0 aliphatic carbocycles. The Morgan fingerprint density at radius 1 is 1.12 bits per heavy atom. The fourth-order valence-corrected chi connectivity index (χ4v) is 4.59. The van der Waals surface area contributed by atoms with Gasteiger partial charge in [-0.3, -0.25) is 9.69 Å². The molecular formula is C24H20N4O3S. The number of carbonyl (C=O) groups excluding carboxylic acids is 2. The van der Waals surface area contributed by atoms with Crippen molar-refractivity contribution in [2.45, 2.75) is 18.9 Å². The lowest BCUT2D eigenvalue weighted by molar-refractivity contribution is -0.116. The van der Waals surface area contributed by atoms with Crippen LogP contribution in [0.4, 0.5) is 16.3 Å². The van der Waals surface area contributed by atoms with Gasteiger partial charge in [0.15, 0.2) is 0 Å². The number of rotatable bonds is 6. The van der Waals surface area contributed by atoms with Gasteiger partial charge in [-0.1, -0.05) is 42.5 Å². The number of hydrogen-bond acceptors (Lipinski definition) is 6. The first-order valence-corrected chi connectivity index (χ1v) is 11.1. The van der Waals surface area contributed by atoms with E-state index in [1.807, 2.05) is 54.6 Å². The van der Waals surface area contributed by atoms with Gasteiger partial charge in [-0.25, -0.2) is 14.8 Å². The molecule has 1 unspecified atom stereocenters. The molecule has 1 aliphatic heterocycles. The topological polar surface area (TPSA) is 84.4 Å². The second kappa shape index (κ2) is 8.76. The average molecular weight is 445 g/mol. The highest BCUT2D eigenvalue weighted by Crippen LogP contribution is 2.30. The number of aryl methyl sites for hydroxylation is 1. The van der Waals surface area contributed by atoms with E-state index in [9.17, 15) is 9.59 Å². The molecule has 2 aromatic carbocycles. The van der Waals surface area contributed by atoms with Crippen LogP contribution in [0.25, 0.3) is 10.2 Å². The molecule has 4 aromatic rings. The number of nitrogens with zero attached hydrogens (tertiary/aromatic N) is 3. The zero-order chi connectivity index (χ0) is 21.9. The molecular weight excluding hydrogens is 424 g/mol. The van der Waals surface area contributed by atoms with Crippen molar-refractivity contribution >= 4 is 45.1 Å². The molecule has 8 heteroatoms. The van der Waals surface area contributed by atoms with Crippen LogP contribution in [0.3, 0.4) is 0 Å². The molecule has 1 N–H and O–H groups in total. The second-order valence-electron chi connectivity index (χ2n) is 7.42. The first kappa shape index (κ1) is 20.1. The van der Waals surface area contributed by atoms with E-state index >= 15 is 0 Å². The Labute approximate surface area is 188 Å². The average Bonchev–Trinajstić information content (AvgIpc) is 3.42. The number of anilines is 2. The van der Waals surface area contributed by atoms with Gasteiger partial charge >= 0.3 is 6.09 Å². The molecule has 160 valence electrons. The van der Waals surface area contributed by atoms with E-state index in [1.54, 1.807) is 34.6 Å². The highest BCUT2D eigenvalue weighted by atomic mass is 32.1. The van der Waals surface area contributed by atoms with Gasteiger partial charge in [-0.15, -0.1) is 11.3 Å². The third-order valence-corrected chi connectivity index (χ3v) is 6.31. The summed E-state index contributed by atoms with van der Waals surface area (Å²) in [4.78, 5) is 35.2. The number of para-hydroxylation sites is 1. The summed E-state index contributed by atoms with van der Waals surface area (Å²) in [6, 6.07) is 21.0. The number of cyclic esters (lactones) is 1. The molecule has 0 spiro atoms. The minimum Gasteiger partial charge on any atom is -0.439 e. The Kier molecular flexibility index (Phi) is 5.51. The molecule has 1 fully saturated rings. The van der Waals surface area contributed by atoms with Gasteiger partial charge in [-0.2, -0.15) is 0 Å². The lowest BCUT2D eigenvalue weighted by atomic mass is 10.1. The Hall–Kier alpha value is -3.78. The standard InChI is InChI=1S/C24H20N4O3S/c29-22(10-11-23-26-18-8-4-5-9-20(18)32-23)27-21-14-17(12-13-25-21)28-15-19(31-24(28)30)16-6-2-1-3-7-16/h1-9,12-14,19H,10-11,15H2,(H,25,27,29). The van der Waals surface area contributed by atoms with Crippen molar-refractivity contribution in [3.63, 3.8) is 0 Å². The van der Waals surface area contributed by atoms with Crippen molar-refractivity contribution in [2.75, 3.05) is 16.8 Å². The number of benzene rings is 2. The molecule has 0 radical (unpaired) electrons. The van der Waals surface area contributed by atoms with Gasteiger partial charge in [0.25, 0.3) is 0 Å². The van der Waals surface area contributed by atoms with Crippen molar-refractivity contribution in [3.05, 3.63) is 83.5 Å². The van der Waals surface area contributed by atoms with E-state index in [1.165, 1.54) is 0 Å². The lowest BCUT2D eigenvalue weighted by Crippen LogP contribution is -2.24. The summed E-state index contributed by atoms with van der Waals surface area (Å²) < 4.78 is 6.64. The molecule has 1 atom stereocenters. The molecule has 1 saturated heterocycles. The van der Waals surface area contributed by atoms with Crippen molar-refractivity contribution in [1.82, 2.24) is 9.97 Å². The highest BCUT2D eigenvalue weighted by molar-refractivity contribution is 7.18. The number of aromatic nitrogens is 2. The van der Waals surface area contributed by atoms with Crippen LogP contribution in [0.5, 0.6) is 0 Å². The van der Waals surface area contributed by atoms with E-state index in [4.69, 9.17) is 4.74 Å². The smallest absolute Gasteiger partial charge is 0.415 e. The van der Waals surface area contributed by atoms with Crippen LogP contribution in [0.15, 0.2) is 72.9 Å². The fourth-order valence-electron chi connectivity index (χ4n) is 3.62. The largest absolute Gasteiger partial charge is 0.439 e. The Morgan fingerprint density at radius 3 is 2.78 bits per heavy atom. The Morgan fingerprint density at radius 2 is 1.94 bits per heavy atom. The summed E-state index contributed by atoms with van der Waals surface area (Å²) >= 11 is 1.60. The van der Waals surface area contributed by atoms with Gasteiger partial charge in [0.05, 0.1) is 27.5 Å². The Balaban J connectivity index is 1.22. The van der Waals surface area contributed by atoms with E-state index < -0.39 is 6.09 Å². The molecule has 5 rings (SSSR count). The van der Waals surface area contributed by atoms with Crippen molar-refractivity contribution < 1.29 is 14.3 Å². The van der Waals surface area contributed by atoms with Gasteiger partial charge in [0, 0.05) is 25.1 Å². The maximum absolute atomic E-state index is 12.5.